The van der Waals surface area contributed by atoms with Gasteiger partial charge >= 0.3 is 5.97 Å². The molecule has 0 aliphatic carbocycles. The van der Waals surface area contributed by atoms with Crippen molar-refractivity contribution in [1.82, 2.24) is 4.98 Å². The minimum Gasteiger partial charge on any atom is -0.466 e. The normalized spacial score (nSPS) is 12.3. The lowest BCUT2D eigenvalue weighted by Crippen LogP contribution is -2.13. The van der Waals surface area contributed by atoms with E-state index in [-0.39, 0.29) is 6.61 Å². The Morgan fingerprint density at radius 2 is 2.00 bits per heavy atom. The maximum absolute atomic E-state index is 11.0. The Hall–Kier alpha value is -1.88. The molecule has 0 radical (unpaired) electrons. The molecule has 0 fully saturated rings. The first-order valence-electron chi connectivity index (χ1n) is 8.68. The Bertz CT molecular complexity index is 502. The first-order valence-corrected chi connectivity index (χ1v) is 8.68. The van der Waals surface area contributed by atoms with Crippen LogP contribution < -0.4 is 4.74 Å². The van der Waals surface area contributed by atoms with Crippen molar-refractivity contribution in [2.75, 3.05) is 13.7 Å². The monoisotopic (exact) mass is 335 g/mol. The molecular weight excluding hydrogens is 306 g/mol. The van der Waals surface area contributed by atoms with Crippen molar-refractivity contribution in [2.45, 2.75) is 58.0 Å². The average molecular weight is 335 g/mol. The summed E-state index contributed by atoms with van der Waals surface area (Å²) in [4.78, 5) is 15.3. The topological polar surface area (TPSA) is 68.7 Å². The highest BCUT2D eigenvalue weighted by molar-refractivity contribution is 5.70. The Labute approximate surface area is 144 Å². The molecule has 134 valence electrons. The lowest BCUT2D eigenvalue weighted by molar-refractivity contribution is -0.143. The highest BCUT2D eigenvalue weighted by Gasteiger charge is 2.03. The SMILES string of the molecule is CCCCCCCCC(O)/C=C/c1cccc(OCC(=O)OC)n1. The largest absolute Gasteiger partial charge is 0.466 e. The molecule has 1 heterocycles. The van der Waals surface area contributed by atoms with Crippen LogP contribution in [0.15, 0.2) is 24.3 Å². The smallest absolute Gasteiger partial charge is 0.343 e. The predicted molar refractivity (Wildman–Crippen MR) is 94.8 cm³/mol. The van der Waals surface area contributed by atoms with Crippen LogP contribution in [0.5, 0.6) is 5.88 Å². The molecule has 5 heteroatoms. The number of pyridine rings is 1. The molecular formula is C19H29NO4. The Balaban J connectivity index is 2.33. The molecule has 1 unspecified atom stereocenters. The first kappa shape index (κ1) is 20.2. The summed E-state index contributed by atoms with van der Waals surface area (Å²) in [7, 11) is 1.31. The summed E-state index contributed by atoms with van der Waals surface area (Å²) < 4.78 is 9.75. The van der Waals surface area contributed by atoms with Crippen LogP contribution in [0.1, 0.15) is 57.6 Å². The van der Waals surface area contributed by atoms with E-state index in [1.807, 2.05) is 6.07 Å². The standard InChI is InChI=1S/C19H29NO4/c1-3-4-5-6-7-8-11-17(21)14-13-16-10-9-12-18(20-16)24-15-19(22)23-2/h9-10,12-14,17,21H,3-8,11,15H2,1-2H3/b14-13+. The maximum Gasteiger partial charge on any atom is 0.343 e. The number of rotatable bonds is 12. The summed E-state index contributed by atoms with van der Waals surface area (Å²) in [6, 6.07) is 5.28. The van der Waals surface area contributed by atoms with Gasteiger partial charge in [0.15, 0.2) is 6.61 Å². The summed E-state index contributed by atoms with van der Waals surface area (Å²) in [5.41, 5.74) is 0.680. The summed E-state index contributed by atoms with van der Waals surface area (Å²) in [6.07, 6.45) is 11.1. The number of nitrogens with zero attached hydrogens (tertiary/aromatic N) is 1. The van der Waals surface area contributed by atoms with Gasteiger partial charge in [-0.1, -0.05) is 57.6 Å². The fraction of sp³-hybridized carbons (Fsp3) is 0.579. The van der Waals surface area contributed by atoms with Crippen LogP contribution >= 0.6 is 0 Å². The number of aliphatic hydroxyl groups excluding tert-OH is 1. The highest BCUT2D eigenvalue weighted by atomic mass is 16.6. The molecule has 0 aliphatic heterocycles. The predicted octanol–water partition coefficient (Wildman–Crippen LogP) is 3.76. The van der Waals surface area contributed by atoms with Crippen molar-refractivity contribution in [3.05, 3.63) is 30.0 Å². The minimum atomic E-state index is -0.461. The van der Waals surface area contributed by atoms with Crippen LogP contribution in [0.4, 0.5) is 0 Å². The van der Waals surface area contributed by atoms with E-state index in [1.165, 1.54) is 39.2 Å². The average Bonchev–Trinajstić information content (AvgIpc) is 2.61. The summed E-state index contributed by atoms with van der Waals surface area (Å²) in [5.74, 6) is -0.0972. The molecule has 0 aromatic carbocycles. The van der Waals surface area contributed by atoms with E-state index in [0.29, 0.717) is 11.6 Å². The second-order valence-corrected chi connectivity index (χ2v) is 5.75. The second-order valence-electron chi connectivity index (χ2n) is 5.75. The molecule has 0 aliphatic rings. The van der Waals surface area contributed by atoms with E-state index < -0.39 is 12.1 Å². The molecule has 0 amide bonds. The van der Waals surface area contributed by atoms with Gasteiger partial charge in [-0.2, -0.15) is 0 Å². The maximum atomic E-state index is 11.0. The number of aromatic nitrogens is 1. The zero-order valence-electron chi connectivity index (χ0n) is 14.7. The Morgan fingerprint density at radius 1 is 1.25 bits per heavy atom. The molecule has 1 atom stereocenters. The molecule has 24 heavy (non-hydrogen) atoms. The van der Waals surface area contributed by atoms with Crippen LogP contribution in [-0.4, -0.2) is 35.9 Å². The van der Waals surface area contributed by atoms with Crippen LogP contribution in [-0.2, 0) is 9.53 Å². The summed E-state index contributed by atoms with van der Waals surface area (Å²) in [6.45, 7) is 2.04. The fourth-order valence-corrected chi connectivity index (χ4v) is 2.24. The Morgan fingerprint density at radius 3 is 2.75 bits per heavy atom. The lowest BCUT2D eigenvalue weighted by atomic mass is 10.1. The molecule has 0 spiro atoms. The number of esters is 1. The van der Waals surface area contributed by atoms with E-state index >= 15 is 0 Å². The van der Waals surface area contributed by atoms with Gasteiger partial charge in [-0.25, -0.2) is 9.78 Å². The summed E-state index contributed by atoms with van der Waals surface area (Å²) >= 11 is 0. The van der Waals surface area contributed by atoms with E-state index in [0.717, 1.165) is 12.8 Å². The lowest BCUT2D eigenvalue weighted by Gasteiger charge is -2.06. The van der Waals surface area contributed by atoms with Crippen molar-refractivity contribution in [3.63, 3.8) is 0 Å². The Kier molecular flexibility index (Phi) is 10.5. The van der Waals surface area contributed by atoms with Gasteiger partial charge in [-0.3, -0.25) is 0 Å². The summed E-state index contributed by atoms with van der Waals surface area (Å²) in [5, 5.41) is 9.98. The number of methoxy groups -OCH3 is 1. The van der Waals surface area contributed by atoms with E-state index in [2.05, 4.69) is 16.6 Å². The van der Waals surface area contributed by atoms with Crippen molar-refractivity contribution >= 4 is 12.0 Å². The van der Waals surface area contributed by atoms with Crippen LogP contribution in [0.2, 0.25) is 0 Å². The third kappa shape index (κ3) is 9.30. The third-order valence-corrected chi connectivity index (χ3v) is 3.65. The van der Waals surface area contributed by atoms with Gasteiger partial charge in [0.2, 0.25) is 5.88 Å². The number of hydrogen-bond donors (Lipinski definition) is 1. The van der Waals surface area contributed by atoms with Gasteiger partial charge in [0.05, 0.1) is 18.9 Å². The number of aliphatic hydroxyl groups is 1. The molecule has 0 saturated carbocycles. The van der Waals surface area contributed by atoms with E-state index in [1.54, 1.807) is 24.3 Å². The van der Waals surface area contributed by atoms with Gasteiger partial charge in [-0.15, -0.1) is 0 Å². The highest BCUT2D eigenvalue weighted by Crippen LogP contribution is 2.12. The third-order valence-electron chi connectivity index (χ3n) is 3.65. The van der Waals surface area contributed by atoms with Gasteiger partial charge in [0.1, 0.15) is 0 Å². The quantitative estimate of drug-likeness (QED) is 0.465. The van der Waals surface area contributed by atoms with Crippen LogP contribution in [0.25, 0.3) is 6.08 Å². The molecule has 0 saturated heterocycles. The van der Waals surface area contributed by atoms with Crippen LogP contribution in [0.3, 0.4) is 0 Å². The number of unbranched alkanes of at least 4 members (excludes halogenated alkanes) is 5. The van der Waals surface area contributed by atoms with Gasteiger partial charge in [0, 0.05) is 6.07 Å². The number of carbonyl (C=O) groups excluding carboxylic acids is 1. The number of hydrogen-bond acceptors (Lipinski definition) is 5. The van der Waals surface area contributed by atoms with Gasteiger partial charge in [0.25, 0.3) is 0 Å². The number of carbonyl (C=O) groups is 1. The molecule has 1 N–H and O–H groups in total. The molecule has 5 nitrogen and oxygen atoms in total. The zero-order chi connectivity index (χ0) is 17.6. The number of ether oxygens (including phenoxy) is 2. The van der Waals surface area contributed by atoms with Crippen molar-refractivity contribution < 1.29 is 19.4 Å². The van der Waals surface area contributed by atoms with Crippen molar-refractivity contribution in [3.8, 4) is 5.88 Å². The van der Waals surface area contributed by atoms with Crippen molar-refractivity contribution in [2.24, 2.45) is 0 Å². The molecule has 1 aromatic heterocycles. The zero-order valence-corrected chi connectivity index (χ0v) is 14.7. The fourth-order valence-electron chi connectivity index (χ4n) is 2.24. The minimum absolute atomic E-state index is 0.169. The first-order chi connectivity index (χ1) is 11.7. The van der Waals surface area contributed by atoms with Crippen molar-refractivity contribution in [1.29, 1.82) is 0 Å². The van der Waals surface area contributed by atoms with E-state index in [9.17, 15) is 9.90 Å². The molecule has 0 bridgehead atoms. The van der Waals surface area contributed by atoms with Crippen LogP contribution in [0, 0.1) is 0 Å². The van der Waals surface area contributed by atoms with E-state index in [4.69, 9.17) is 4.74 Å². The molecule has 1 rings (SSSR count). The van der Waals surface area contributed by atoms with Gasteiger partial charge < -0.3 is 14.6 Å². The van der Waals surface area contributed by atoms with Gasteiger partial charge in [-0.05, 0) is 18.6 Å². The second kappa shape index (κ2) is 12.5. The molecule has 1 aromatic rings.